The van der Waals surface area contributed by atoms with E-state index >= 15 is 0 Å². The van der Waals surface area contributed by atoms with Gasteiger partial charge in [0.15, 0.2) is 0 Å². The molecule has 0 saturated heterocycles. The van der Waals surface area contributed by atoms with E-state index in [9.17, 15) is 5.11 Å². The van der Waals surface area contributed by atoms with Gasteiger partial charge in [0.05, 0.1) is 25.9 Å². The third-order valence-electron chi connectivity index (χ3n) is 5.89. The van der Waals surface area contributed by atoms with Crippen molar-refractivity contribution in [2.24, 2.45) is 29.1 Å². The minimum Gasteiger partial charge on any atom is -0.390 e. The highest BCUT2D eigenvalue weighted by atomic mass is 16.5. The molecule has 1 atom stereocenters. The minimum atomic E-state index is -0.268. The summed E-state index contributed by atoms with van der Waals surface area (Å²) < 4.78 is 11.2. The first-order chi connectivity index (χ1) is 10.1. The molecule has 122 valence electrons. The Bertz CT molecular complexity index is 304. The quantitative estimate of drug-likeness (QED) is 0.699. The van der Waals surface area contributed by atoms with Crippen molar-refractivity contribution in [2.75, 3.05) is 26.4 Å². The third kappa shape index (κ3) is 3.62. The molecule has 4 fully saturated rings. The van der Waals surface area contributed by atoms with Gasteiger partial charge < -0.3 is 14.6 Å². The van der Waals surface area contributed by atoms with E-state index in [1.807, 2.05) is 0 Å². The molecule has 0 amide bonds. The molecule has 21 heavy (non-hydrogen) atoms. The summed E-state index contributed by atoms with van der Waals surface area (Å²) >= 11 is 0. The van der Waals surface area contributed by atoms with Gasteiger partial charge in [-0.15, -0.1) is 0 Å². The number of ether oxygens (including phenoxy) is 2. The third-order valence-corrected chi connectivity index (χ3v) is 5.89. The summed E-state index contributed by atoms with van der Waals surface area (Å²) in [5.74, 6) is 3.24. The summed E-state index contributed by atoms with van der Waals surface area (Å²) in [5, 5.41) is 10.7. The van der Waals surface area contributed by atoms with Gasteiger partial charge in [-0.3, -0.25) is 0 Å². The maximum atomic E-state index is 10.7. The van der Waals surface area contributed by atoms with Crippen LogP contribution in [0.3, 0.4) is 0 Å². The molecular formula is C18H32O3. The second-order valence-electron chi connectivity index (χ2n) is 8.34. The lowest BCUT2D eigenvalue weighted by Gasteiger charge is -2.58. The standard InChI is InChI=1S/C18H32O3/c1-13(2)11-20-3-4-21-12-17(19)18-8-14-5-15(9-18)7-16(6-14)10-18/h13-17,19H,3-12H2,1-2H3. The van der Waals surface area contributed by atoms with Crippen molar-refractivity contribution in [3.63, 3.8) is 0 Å². The van der Waals surface area contributed by atoms with Crippen molar-refractivity contribution in [1.82, 2.24) is 0 Å². The molecular weight excluding hydrogens is 264 g/mol. The zero-order valence-corrected chi connectivity index (χ0v) is 13.7. The number of hydrogen-bond donors (Lipinski definition) is 1. The summed E-state index contributed by atoms with van der Waals surface area (Å²) in [6.45, 7) is 6.84. The van der Waals surface area contributed by atoms with Gasteiger partial charge >= 0.3 is 0 Å². The summed E-state index contributed by atoms with van der Waals surface area (Å²) in [6, 6.07) is 0. The number of aliphatic hydroxyl groups is 1. The van der Waals surface area contributed by atoms with Crippen molar-refractivity contribution in [3.8, 4) is 0 Å². The zero-order valence-electron chi connectivity index (χ0n) is 13.7. The summed E-state index contributed by atoms with van der Waals surface area (Å²) in [4.78, 5) is 0. The largest absolute Gasteiger partial charge is 0.390 e. The first-order valence-corrected chi connectivity index (χ1v) is 8.91. The monoisotopic (exact) mass is 296 g/mol. The Morgan fingerprint density at radius 2 is 1.38 bits per heavy atom. The van der Waals surface area contributed by atoms with Crippen LogP contribution in [0.4, 0.5) is 0 Å². The lowest BCUT2D eigenvalue weighted by Crippen LogP contribution is -2.52. The van der Waals surface area contributed by atoms with Crippen molar-refractivity contribution in [1.29, 1.82) is 0 Å². The molecule has 0 radical (unpaired) electrons. The Labute approximate surface area is 129 Å². The van der Waals surface area contributed by atoms with Crippen LogP contribution in [0, 0.1) is 29.1 Å². The van der Waals surface area contributed by atoms with Crippen molar-refractivity contribution in [3.05, 3.63) is 0 Å². The van der Waals surface area contributed by atoms with Crippen molar-refractivity contribution < 1.29 is 14.6 Å². The molecule has 4 saturated carbocycles. The molecule has 1 N–H and O–H groups in total. The van der Waals surface area contributed by atoms with E-state index in [4.69, 9.17) is 9.47 Å². The normalized spacial score (nSPS) is 39.1. The molecule has 0 aliphatic heterocycles. The van der Waals surface area contributed by atoms with Gasteiger partial charge in [-0.1, -0.05) is 13.8 Å². The molecule has 1 unspecified atom stereocenters. The second-order valence-corrected chi connectivity index (χ2v) is 8.34. The van der Waals surface area contributed by atoms with Crippen molar-refractivity contribution in [2.45, 2.75) is 58.5 Å². The smallest absolute Gasteiger partial charge is 0.0830 e. The fraction of sp³-hybridized carbons (Fsp3) is 1.00. The van der Waals surface area contributed by atoms with Gasteiger partial charge in [0, 0.05) is 6.61 Å². The van der Waals surface area contributed by atoms with E-state index in [-0.39, 0.29) is 11.5 Å². The first kappa shape index (κ1) is 15.8. The van der Waals surface area contributed by atoms with Crippen LogP contribution in [-0.2, 0) is 9.47 Å². The number of hydrogen-bond acceptors (Lipinski definition) is 3. The van der Waals surface area contributed by atoms with Crippen LogP contribution in [0.1, 0.15) is 52.4 Å². The molecule has 0 heterocycles. The van der Waals surface area contributed by atoms with E-state index in [2.05, 4.69) is 13.8 Å². The van der Waals surface area contributed by atoms with E-state index in [1.165, 1.54) is 38.5 Å². The van der Waals surface area contributed by atoms with Gasteiger partial charge in [0.2, 0.25) is 0 Å². The Kier molecular flexibility index (Phi) is 4.92. The van der Waals surface area contributed by atoms with Gasteiger partial charge in [-0.2, -0.15) is 0 Å². The van der Waals surface area contributed by atoms with Crippen molar-refractivity contribution >= 4 is 0 Å². The van der Waals surface area contributed by atoms with Crippen LogP contribution < -0.4 is 0 Å². The number of rotatable bonds is 8. The fourth-order valence-electron chi connectivity index (χ4n) is 5.39. The Hall–Kier alpha value is -0.120. The molecule has 0 aromatic rings. The Balaban J connectivity index is 1.40. The highest BCUT2D eigenvalue weighted by Crippen LogP contribution is 2.61. The fourth-order valence-corrected chi connectivity index (χ4v) is 5.39. The summed E-state index contributed by atoms with van der Waals surface area (Å²) in [6.07, 6.45) is 7.74. The molecule has 0 aromatic carbocycles. The van der Waals surface area contributed by atoms with E-state index < -0.39 is 0 Å². The van der Waals surface area contributed by atoms with Crippen LogP contribution in [-0.4, -0.2) is 37.6 Å². The Morgan fingerprint density at radius 1 is 0.905 bits per heavy atom. The van der Waals surface area contributed by atoms with Gasteiger partial charge in [0.25, 0.3) is 0 Å². The first-order valence-electron chi connectivity index (χ1n) is 8.91. The summed E-state index contributed by atoms with van der Waals surface area (Å²) in [7, 11) is 0. The second kappa shape index (κ2) is 6.55. The lowest BCUT2D eigenvalue weighted by molar-refractivity contribution is -0.141. The molecule has 0 spiro atoms. The predicted molar refractivity (Wildman–Crippen MR) is 83.1 cm³/mol. The maximum absolute atomic E-state index is 10.7. The molecule has 4 aliphatic rings. The van der Waals surface area contributed by atoms with Crippen LogP contribution in [0.5, 0.6) is 0 Å². The highest BCUT2D eigenvalue weighted by molar-refractivity contribution is 5.04. The molecule has 4 rings (SSSR count). The molecule has 0 aromatic heterocycles. The average Bonchev–Trinajstić information content (AvgIpc) is 2.40. The minimum absolute atomic E-state index is 0.188. The highest BCUT2D eigenvalue weighted by Gasteiger charge is 2.53. The van der Waals surface area contributed by atoms with Gasteiger partial charge in [0.1, 0.15) is 0 Å². The summed E-state index contributed by atoms with van der Waals surface area (Å²) in [5.41, 5.74) is 0.188. The average molecular weight is 296 g/mol. The van der Waals surface area contributed by atoms with Crippen LogP contribution in [0.2, 0.25) is 0 Å². The topological polar surface area (TPSA) is 38.7 Å². The molecule has 3 nitrogen and oxygen atoms in total. The van der Waals surface area contributed by atoms with E-state index in [0.717, 1.165) is 24.4 Å². The van der Waals surface area contributed by atoms with Crippen LogP contribution in [0.15, 0.2) is 0 Å². The number of aliphatic hydroxyl groups excluding tert-OH is 1. The Morgan fingerprint density at radius 3 is 1.86 bits per heavy atom. The SMILES string of the molecule is CC(C)COCCOCC(O)C12CC3CC(CC(C3)C1)C2. The molecule has 3 heteroatoms. The lowest BCUT2D eigenvalue weighted by atomic mass is 9.48. The molecule has 4 bridgehead atoms. The van der Waals surface area contributed by atoms with E-state index in [1.54, 1.807) is 0 Å². The molecule has 4 aliphatic carbocycles. The van der Waals surface area contributed by atoms with E-state index in [0.29, 0.717) is 25.7 Å². The maximum Gasteiger partial charge on any atom is 0.0830 e. The van der Waals surface area contributed by atoms with Gasteiger partial charge in [-0.25, -0.2) is 0 Å². The van der Waals surface area contributed by atoms with Gasteiger partial charge in [-0.05, 0) is 67.6 Å². The van der Waals surface area contributed by atoms with Crippen LogP contribution >= 0.6 is 0 Å². The van der Waals surface area contributed by atoms with Crippen LogP contribution in [0.25, 0.3) is 0 Å². The predicted octanol–water partition coefficient (Wildman–Crippen LogP) is 3.25. The zero-order chi connectivity index (χ0) is 14.9.